The van der Waals surface area contributed by atoms with Crippen molar-refractivity contribution in [3.63, 3.8) is 0 Å². The summed E-state index contributed by atoms with van der Waals surface area (Å²) in [6.07, 6.45) is -1.12. The molecular weight excluding hydrogens is 187 g/mol. The van der Waals surface area contributed by atoms with Gasteiger partial charge in [0.2, 0.25) is 0 Å². The van der Waals surface area contributed by atoms with Gasteiger partial charge >= 0.3 is 5.97 Å². The number of hydrogen-bond donors (Lipinski definition) is 0. The van der Waals surface area contributed by atoms with Crippen LogP contribution < -0.4 is 0 Å². The summed E-state index contributed by atoms with van der Waals surface area (Å²) in [5, 5.41) is 0. The van der Waals surface area contributed by atoms with Gasteiger partial charge in [0.15, 0.2) is 6.10 Å². The molecule has 4 heteroatoms. The SMILES string of the molecule is COC(=O)[C@H]1O[C@H]1c1ccccc1F. The number of epoxide rings is 1. The van der Waals surface area contributed by atoms with E-state index in [0.29, 0.717) is 5.56 Å². The molecule has 0 amide bonds. The van der Waals surface area contributed by atoms with Crippen LogP contribution in [0.1, 0.15) is 11.7 Å². The van der Waals surface area contributed by atoms with Gasteiger partial charge in [0.05, 0.1) is 7.11 Å². The molecule has 0 N–H and O–H groups in total. The zero-order chi connectivity index (χ0) is 10.1. The van der Waals surface area contributed by atoms with Crippen molar-refractivity contribution in [3.05, 3.63) is 35.6 Å². The molecule has 1 fully saturated rings. The maximum Gasteiger partial charge on any atom is 0.338 e. The van der Waals surface area contributed by atoms with Gasteiger partial charge in [-0.05, 0) is 6.07 Å². The third kappa shape index (κ3) is 1.48. The number of ether oxygens (including phenoxy) is 2. The predicted octanol–water partition coefficient (Wildman–Crippen LogP) is 1.44. The molecule has 3 nitrogen and oxygen atoms in total. The van der Waals surface area contributed by atoms with Crippen LogP contribution >= 0.6 is 0 Å². The van der Waals surface area contributed by atoms with E-state index in [-0.39, 0.29) is 5.82 Å². The fourth-order valence-corrected chi connectivity index (χ4v) is 1.35. The second-order valence-electron chi connectivity index (χ2n) is 3.02. The minimum atomic E-state index is -0.642. The van der Waals surface area contributed by atoms with E-state index in [1.165, 1.54) is 13.2 Å². The second kappa shape index (κ2) is 3.38. The molecule has 2 atom stereocenters. The molecule has 1 aromatic carbocycles. The van der Waals surface area contributed by atoms with Crippen LogP contribution in [0.5, 0.6) is 0 Å². The summed E-state index contributed by atoms with van der Waals surface area (Å²) < 4.78 is 22.7. The molecule has 0 aliphatic carbocycles. The van der Waals surface area contributed by atoms with Crippen LogP contribution in [0.25, 0.3) is 0 Å². The number of rotatable bonds is 2. The third-order valence-electron chi connectivity index (χ3n) is 2.14. The summed E-state index contributed by atoms with van der Waals surface area (Å²) in [5.41, 5.74) is 0.405. The van der Waals surface area contributed by atoms with Crippen molar-refractivity contribution in [2.75, 3.05) is 7.11 Å². The number of methoxy groups -OCH3 is 1. The fraction of sp³-hybridized carbons (Fsp3) is 0.300. The molecule has 1 aromatic rings. The molecule has 0 unspecified atom stereocenters. The minimum absolute atomic E-state index is 0.357. The van der Waals surface area contributed by atoms with E-state index in [1.807, 2.05) is 0 Å². The Morgan fingerprint density at radius 1 is 1.50 bits per heavy atom. The van der Waals surface area contributed by atoms with Crippen LogP contribution in [-0.2, 0) is 14.3 Å². The number of esters is 1. The summed E-state index contributed by atoms with van der Waals surface area (Å²) in [6.45, 7) is 0. The summed E-state index contributed by atoms with van der Waals surface area (Å²) in [7, 11) is 1.28. The zero-order valence-electron chi connectivity index (χ0n) is 7.57. The van der Waals surface area contributed by atoms with Gasteiger partial charge in [-0.15, -0.1) is 0 Å². The Morgan fingerprint density at radius 3 is 2.86 bits per heavy atom. The smallest absolute Gasteiger partial charge is 0.338 e. The van der Waals surface area contributed by atoms with Crippen LogP contribution in [0.2, 0.25) is 0 Å². The second-order valence-corrected chi connectivity index (χ2v) is 3.02. The van der Waals surface area contributed by atoms with E-state index in [2.05, 4.69) is 4.74 Å². The van der Waals surface area contributed by atoms with Crippen LogP contribution in [-0.4, -0.2) is 19.2 Å². The van der Waals surface area contributed by atoms with E-state index < -0.39 is 18.2 Å². The van der Waals surface area contributed by atoms with E-state index in [9.17, 15) is 9.18 Å². The maximum absolute atomic E-state index is 13.2. The van der Waals surface area contributed by atoms with Crippen LogP contribution in [0.15, 0.2) is 24.3 Å². The van der Waals surface area contributed by atoms with Gasteiger partial charge in [-0.3, -0.25) is 0 Å². The molecule has 0 aromatic heterocycles. The maximum atomic E-state index is 13.2. The average Bonchev–Trinajstić information content (AvgIpc) is 2.97. The largest absolute Gasteiger partial charge is 0.467 e. The molecule has 74 valence electrons. The number of carbonyl (C=O) groups is 1. The van der Waals surface area contributed by atoms with Crippen LogP contribution in [0, 0.1) is 5.82 Å². The van der Waals surface area contributed by atoms with E-state index in [4.69, 9.17) is 4.74 Å². The van der Waals surface area contributed by atoms with Crippen LogP contribution in [0.4, 0.5) is 4.39 Å². The van der Waals surface area contributed by atoms with Gasteiger partial charge in [0.25, 0.3) is 0 Å². The Kier molecular flexibility index (Phi) is 2.21. The van der Waals surface area contributed by atoms with Crippen molar-refractivity contribution in [1.82, 2.24) is 0 Å². The Balaban J connectivity index is 2.13. The highest BCUT2D eigenvalue weighted by Gasteiger charge is 2.48. The number of halogens is 1. The highest BCUT2D eigenvalue weighted by atomic mass is 19.1. The van der Waals surface area contributed by atoms with Gasteiger partial charge in [-0.1, -0.05) is 18.2 Å². The van der Waals surface area contributed by atoms with Crippen molar-refractivity contribution in [2.24, 2.45) is 0 Å². The third-order valence-corrected chi connectivity index (χ3v) is 2.14. The monoisotopic (exact) mass is 196 g/mol. The molecule has 2 rings (SSSR count). The Hall–Kier alpha value is -1.42. The van der Waals surface area contributed by atoms with E-state index in [0.717, 1.165) is 0 Å². The zero-order valence-corrected chi connectivity index (χ0v) is 7.57. The molecule has 0 radical (unpaired) electrons. The van der Waals surface area contributed by atoms with Crippen molar-refractivity contribution in [2.45, 2.75) is 12.2 Å². The van der Waals surface area contributed by atoms with Crippen LogP contribution in [0.3, 0.4) is 0 Å². The van der Waals surface area contributed by atoms with Gasteiger partial charge < -0.3 is 9.47 Å². The van der Waals surface area contributed by atoms with Gasteiger partial charge in [-0.2, -0.15) is 0 Å². The summed E-state index contributed by atoms with van der Waals surface area (Å²) >= 11 is 0. The molecule has 1 aliphatic heterocycles. The molecule has 14 heavy (non-hydrogen) atoms. The van der Waals surface area contributed by atoms with Gasteiger partial charge in [0, 0.05) is 5.56 Å². The lowest BCUT2D eigenvalue weighted by atomic mass is 10.1. The fourth-order valence-electron chi connectivity index (χ4n) is 1.35. The minimum Gasteiger partial charge on any atom is -0.467 e. The average molecular weight is 196 g/mol. The Morgan fingerprint density at radius 2 is 2.21 bits per heavy atom. The number of benzene rings is 1. The van der Waals surface area contributed by atoms with E-state index in [1.54, 1.807) is 18.2 Å². The lowest BCUT2D eigenvalue weighted by molar-refractivity contribution is -0.142. The topological polar surface area (TPSA) is 38.8 Å². The first kappa shape index (κ1) is 9.15. The lowest BCUT2D eigenvalue weighted by Gasteiger charge is -1.97. The first-order chi connectivity index (χ1) is 6.74. The van der Waals surface area contributed by atoms with Crippen molar-refractivity contribution in [3.8, 4) is 0 Å². The van der Waals surface area contributed by atoms with Crippen molar-refractivity contribution < 1.29 is 18.7 Å². The highest BCUT2D eigenvalue weighted by molar-refractivity contribution is 5.78. The predicted molar refractivity (Wildman–Crippen MR) is 46.0 cm³/mol. The van der Waals surface area contributed by atoms with Crippen molar-refractivity contribution >= 4 is 5.97 Å². The van der Waals surface area contributed by atoms with Gasteiger partial charge in [0.1, 0.15) is 11.9 Å². The lowest BCUT2D eigenvalue weighted by Crippen LogP contribution is -2.09. The molecule has 0 bridgehead atoms. The highest BCUT2D eigenvalue weighted by Crippen LogP contribution is 2.40. The first-order valence-electron chi connectivity index (χ1n) is 4.21. The first-order valence-corrected chi connectivity index (χ1v) is 4.21. The number of carbonyl (C=O) groups excluding carboxylic acids is 1. The quantitative estimate of drug-likeness (QED) is 0.530. The van der Waals surface area contributed by atoms with E-state index >= 15 is 0 Å². The normalized spacial score (nSPS) is 24.4. The standard InChI is InChI=1S/C10H9FO3/c1-13-10(12)9-8(14-9)6-4-2-3-5-7(6)11/h2-5,8-9H,1H3/t8-,9-/m0/s1. The van der Waals surface area contributed by atoms with Gasteiger partial charge in [-0.25, -0.2) is 9.18 Å². The summed E-state index contributed by atoms with van der Waals surface area (Å²) in [6, 6.07) is 6.23. The summed E-state index contributed by atoms with van der Waals surface area (Å²) in [5.74, 6) is -0.817. The molecule has 0 spiro atoms. The van der Waals surface area contributed by atoms with Crippen molar-refractivity contribution in [1.29, 1.82) is 0 Å². The number of hydrogen-bond acceptors (Lipinski definition) is 3. The molecular formula is C10H9FO3. The summed E-state index contributed by atoms with van der Waals surface area (Å²) in [4.78, 5) is 11.0. The Bertz CT molecular complexity index is 364. The molecule has 0 saturated carbocycles. The molecule has 1 heterocycles. The molecule has 1 saturated heterocycles. The Labute approximate surface area is 80.4 Å². The molecule has 1 aliphatic rings.